The van der Waals surface area contributed by atoms with Gasteiger partial charge in [-0.2, -0.15) is 0 Å². The van der Waals surface area contributed by atoms with Gasteiger partial charge in [0.1, 0.15) is 6.54 Å². The van der Waals surface area contributed by atoms with Gasteiger partial charge in [-0.1, -0.05) is 63.2 Å². The van der Waals surface area contributed by atoms with Gasteiger partial charge >= 0.3 is 0 Å². The minimum Gasteiger partial charge on any atom is -0.332 e. The minimum atomic E-state index is -0.125. The summed E-state index contributed by atoms with van der Waals surface area (Å²) in [6.45, 7) is 11.3. The number of nitrogens with zero attached hydrogens (tertiary/aromatic N) is 2. The SMILES string of the molecule is C=CCN(CC(=O)N(Cc1ccccc1)Cc1cccs1)C(=O)CC(C)(C)C. The Morgan fingerprint density at radius 2 is 1.71 bits per heavy atom. The Hall–Kier alpha value is -2.40. The van der Waals surface area contributed by atoms with Crippen molar-refractivity contribution in [3.8, 4) is 0 Å². The van der Waals surface area contributed by atoms with E-state index in [0.29, 0.717) is 26.1 Å². The molecule has 0 saturated carbocycles. The fourth-order valence-electron chi connectivity index (χ4n) is 2.87. The molecule has 0 fully saturated rings. The Balaban J connectivity index is 2.14. The number of benzene rings is 1. The molecule has 0 unspecified atom stereocenters. The first-order valence-corrected chi connectivity index (χ1v) is 10.4. The van der Waals surface area contributed by atoms with Gasteiger partial charge in [0.15, 0.2) is 0 Å². The molecule has 2 amide bonds. The van der Waals surface area contributed by atoms with E-state index in [9.17, 15) is 9.59 Å². The summed E-state index contributed by atoms with van der Waals surface area (Å²) in [6.07, 6.45) is 2.08. The van der Waals surface area contributed by atoms with Crippen molar-refractivity contribution in [3.05, 3.63) is 70.9 Å². The Morgan fingerprint density at radius 1 is 1.00 bits per heavy atom. The van der Waals surface area contributed by atoms with Crippen molar-refractivity contribution in [2.24, 2.45) is 5.41 Å². The summed E-state index contributed by atoms with van der Waals surface area (Å²) in [4.78, 5) is 30.4. The van der Waals surface area contributed by atoms with Gasteiger partial charge in [-0.15, -0.1) is 17.9 Å². The first-order chi connectivity index (χ1) is 13.3. The molecule has 2 aromatic rings. The maximum absolute atomic E-state index is 13.1. The summed E-state index contributed by atoms with van der Waals surface area (Å²) in [5.41, 5.74) is 0.948. The molecule has 1 aromatic carbocycles. The number of hydrogen-bond donors (Lipinski definition) is 0. The molecule has 0 atom stereocenters. The fraction of sp³-hybridized carbons (Fsp3) is 0.391. The number of rotatable bonds is 9. The lowest BCUT2D eigenvalue weighted by molar-refractivity contribution is -0.141. The fourth-order valence-corrected chi connectivity index (χ4v) is 3.59. The second kappa shape index (κ2) is 10.2. The molecule has 0 N–H and O–H groups in total. The van der Waals surface area contributed by atoms with E-state index in [0.717, 1.165) is 10.4 Å². The van der Waals surface area contributed by atoms with Crippen LogP contribution in [-0.2, 0) is 22.7 Å². The van der Waals surface area contributed by atoms with Gasteiger partial charge in [-0.05, 0) is 22.4 Å². The highest BCUT2D eigenvalue weighted by Gasteiger charge is 2.24. The van der Waals surface area contributed by atoms with Gasteiger partial charge in [-0.3, -0.25) is 9.59 Å². The van der Waals surface area contributed by atoms with Crippen LogP contribution in [0.5, 0.6) is 0 Å². The van der Waals surface area contributed by atoms with Crippen molar-refractivity contribution >= 4 is 23.2 Å². The molecule has 1 heterocycles. The normalized spacial score (nSPS) is 11.1. The third-order valence-electron chi connectivity index (χ3n) is 4.21. The third-order valence-corrected chi connectivity index (χ3v) is 5.07. The molecule has 0 spiro atoms. The van der Waals surface area contributed by atoms with E-state index in [2.05, 4.69) is 6.58 Å². The van der Waals surface area contributed by atoms with Crippen LogP contribution in [0.2, 0.25) is 0 Å². The summed E-state index contributed by atoms with van der Waals surface area (Å²) in [6, 6.07) is 14.0. The van der Waals surface area contributed by atoms with E-state index in [1.165, 1.54) is 0 Å². The molecule has 0 aliphatic carbocycles. The van der Waals surface area contributed by atoms with Gasteiger partial charge in [0, 0.05) is 24.4 Å². The molecule has 1 aromatic heterocycles. The Bertz CT molecular complexity index is 764. The van der Waals surface area contributed by atoms with Crippen molar-refractivity contribution in [1.82, 2.24) is 9.80 Å². The summed E-state index contributed by atoms with van der Waals surface area (Å²) in [5.74, 6) is -0.0714. The van der Waals surface area contributed by atoms with E-state index in [1.807, 2.05) is 73.5 Å². The first kappa shape index (κ1) is 21.9. The largest absolute Gasteiger partial charge is 0.332 e. The lowest BCUT2D eigenvalue weighted by atomic mass is 9.91. The smallest absolute Gasteiger partial charge is 0.242 e. The number of carbonyl (C=O) groups excluding carboxylic acids is 2. The van der Waals surface area contributed by atoms with E-state index in [-0.39, 0.29) is 23.8 Å². The second-order valence-electron chi connectivity index (χ2n) is 8.12. The molecule has 0 saturated heterocycles. The zero-order chi connectivity index (χ0) is 20.6. The molecular formula is C23H30N2O2S. The van der Waals surface area contributed by atoms with Crippen LogP contribution < -0.4 is 0 Å². The third kappa shape index (κ3) is 7.31. The lowest BCUT2D eigenvalue weighted by Crippen LogP contribution is -2.43. The van der Waals surface area contributed by atoms with E-state index in [4.69, 9.17) is 0 Å². The number of hydrogen-bond acceptors (Lipinski definition) is 3. The zero-order valence-electron chi connectivity index (χ0n) is 17.1. The van der Waals surface area contributed by atoms with Crippen LogP contribution in [-0.4, -0.2) is 34.7 Å². The molecular weight excluding hydrogens is 368 g/mol. The average molecular weight is 399 g/mol. The van der Waals surface area contributed by atoms with Gasteiger partial charge < -0.3 is 9.80 Å². The summed E-state index contributed by atoms with van der Waals surface area (Å²) in [5, 5.41) is 2.01. The van der Waals surface area contributed by atoms with E-state index >= 15 is 0 Å². The van der Waals surface area contributed by atoms with Crippen LogP contribution in [0.15, 0.2) is 60.5 Å². The first-order valence-electron chi connectivity index (χ1n) is 9.51. The topological polar surface area (TPSA) is 40.6 Å². The van der Waals surface area contributed by atoms with E-state index < -0.39 is 0 Å². The van der Waals surface area contributed by atoms with Gasteiger partial charge in [-0.25, -0.2) is 0 Å². The highest BCUT2D eigenvalue weighted by molar-refractivity contribution is 7.09. The zero-order valence-corrected chi connectivity index (χ0v) is 17.9. The molecule has 5 heteroatoms. The predicted molar refractivity (Wildman–Crippen MR) is 116 cm³/mol. The molecule has 0 radical (unpaired) electrons. The van der Waals surface area contributed by atoms with Gasteiger partial charge in [0.05, 0.1) is 6.54 Å². The number of amides is 2. The molecule has 0 bridgehead atoms. The Labute approximate surface area is 172 Å². The van der Waals surface area contributed by atoms with Gasteiger partial charge in [0.2, 0.25) is 11.8 Å². The lowest BCUT2D eigenvalue weighted by Gasteiger charge is -2.29. The average Bonchev–Trinajstić information content (AvgIpc) is 3.13. The predicted octanol–water partition coefficient (Wildman–Crippen LogP) is 4.73. The minimum absolute atomic E-state index is 0.0171. The van der Waals surface area contributed by atoms with Crippen molar-refractivity contribution in [3.63, 3.8) is 0 Å². The molecule has 4 nitrogen and oxygen atoms in total. The number of thiophene rings is 1. The van der Waals surface area contributed by atoms with Gasteiger partial charge in [0.25, 0.3) is 0 Å². The second-order valence-corrected chi connectivity index (χ2v) is 9.15. The van der Waals surface area contributed by atoms with Crippen LogP contribution in [0.1, 0.15) is 37.6 Å². The van der Waals surface area contributed by atoms with Crippen LogP contribution >= 0.6 is 11.3 Å². The van der Waals surface area contributed by atoms with Crippen LogP contribution in [0.3, 0.4) is 0 Å². The Kier molecular flexibility index (Phi) is 8.00. The van der Waals surface area contributed by atoms with Crippen molar-refractivity contribution in [2.75, 3.05) is 13.1 Å². The van der Waals surface area contributed by atoms with Crippen LogP contribution in [0.4, 0.5) is 0 Å². The standard InChI is InChI=1S/C23H30N2O2S/c1-5-13-24(21(26)15-23(2,3)4)18-22(27)25(17-20-12-9-14-28-20)16-19-10-7-6-8-11-19/h5-12,14H,1,13,15-18H2,2-4H3. The summed E-state index contributed by atoms with van der Waals surface area (Å²) < 4.78 is 0. The summed E-state index contributed by atoms with van der Waals surface area (Å²) >= 11 is 1.63. The molecule has 2 rings (SSSR count). The molecule has 28 heavy (non-hydrogen) atoms. The van der Waals surface area contributed by atoms with Crippen LogP contribution in [0, 0.1) is 5.41 Å². The maximum Gasteiger partial charge on any atom is 0.242 e. The maximum atomic E-state index is 13.1. The van der Waals surface area contributed by atoms with E-state index in [1.54, 1.807) is 22.3 Å². The monoisotopic (exact) mass is 398 g/mol. The molecule has 150 valence electrons. The van der Waals surface area contributed by atoms with Crippen LogP contribution in [0.25, 0.3) is 0 Å². The highest BCUT2D eigenvalue weighted by Crippen LogP contribution is 2.20. The molecule has 0 aliphatic heterocycles. The Morgan fingerprint density at radius 3 is 2.29 bits per heavy atom. The summed E-state index contributed by atoms with van der Waals surface area (Å²) in [7, 11) is 0. The number of carbonyl (C=O) groups is 2. The quantitative estimate of drug-likeness (QED) is 0.573. The van der Waals surface area contributed by atoms with Crippen molar-refractivity contribution in [2.45, 2.75) is 40.3 Å². The van der Waals surface area contributed by atoms with Crippen molar-refractivity contribution in [1.29, 1.82) is 0 Å². The molecule has 0 aliphatic rings. The van der Waals surface area contributed by atoms with Crippen molar-refractivity contribution < 1.29 is 9.59 Å². The highest BCUT2D eigenvalue weighted by atomic mass is 32.1.